The number of aliphatic carboxylic acids is 1. The Hall–Kier alpha value is -2.21. The fraction of sp³-hybridized carbons (Fsp3) is 0.250. The van der Waals surface area contributed by atoms with Gasteiger partial charge in [0.2, 0.25) is 0 Å². The van der Waals surface area contributed by atoms with Crippen LogP contribution in [0.4, 0.5) is 0 Å². The van der Waals surface area contributed by atoms with Gasteiger partial charge in [-0.2, -0.15) is 4.98 Å². The number of ether oxygens (including phenoxy) is 1. The smallest absolute Gasteiger partial charge is 0.332 e. The number of carboxylic acids is 1. The van der Waals surface area contributed by atoms with Crippen LogP contribution in [0.25, 0.3) is 11.5 Å². The largest absolute Gasteiger partial charge is 0.479 e. The summed E-state index contributed by atoms with van der Waals surface area (Å²) in [6, 6.07) is 9.30. The van der Waals surface area contributed by atoms with Crippen LogP contribution < -0.4 is 0 Å². The fourth-order valence-electron chi connectivity index (χ4n) is 1.28. The van der Waals surface area contributed by atoms with Crippen molar-refractivity contribution in [2.24, 2.45) is 0 Å². The van der Waals surface area contributed by atoms with E-state index in [1.165, 1.54) is 6.92 Å². The number of hydrogen-bond acceptors (Lipinski definition) is 5. The number of hydrogen-bond donors (Lipinski definition) is 1. The van der Waals surface area contributed by atoms with Crippen LogP contribution in [-0.2, 0) is 16.1 Å². The van der Waals surface area contributed by atoms with Crippen molar-refractivity contribution in [3.63, 3.8) is 0 Å². The third-order valence-electron chi connectivity index (χ3n) is 2.30. The van der Waals surface area contributed by atoms with Crippen molar-refractivity contribution >= 4 is 5.97 Å². The molecular weight excluding hydrogens is 236 g/mol. The number of nitrogens with zero attached hydrogens (tertiary/aromatic N) is 2. The van der Waals surface area contributed by atoms with Crippen LogP contribution in [0.15, 0.2) is 34.9 Å². The SMILES string of the molecule is CC(OCc1noc(-c2ccccc2)n1)C(=O)O. The molecule has 0 saturated carbocycles. The van der Waals surface area contributed by atoms with Crippen molar-refractivity contribution in [3.8, 4) is 11.5 Å². The lowest BCUT2D eigenvalue weighted by molar-refractivity contribution is -0.150. The molecule has 1 heterocycles. The van der Waals surface area contributed by atoms with Crippen molar-refractivity contribution in [3.05, 3.63) is 36.2 Å². The van der Waals surface area contributed by atoms with E-state index in [0.29, 0.717) is 11.7 Å². The lowest BCUT2D eigenvalue weighted by Crippen LogP contribution is -2.19. The summed E-state index contributed by atoms with van der Waals surface area (Å²) in [5.74, 6) is -0.319. The Morgan fingerprint density at radius 3 is 2.83 bits per heavy atom. The predicted molar refractivity (Wildman–Crippen MR) is 61.6 cm³/mol. The summed E-state index contributed by atoms with van der Waals surface area (Å²) in [7, 11) is 0. The lowest BCUT2D eigenvalue weighted by atomic mass is 10.2. The maximum absolute atomic E-state index is 10.6. The first-order chi connectivity index (χ1) is 8.66. The Kier molecular flexibility index (Phi) is 3.69. The highest BCUT2D eigenvalue weighted by molar-refractivity contribution is 5.71. The molecule has 0 aliphatic heterocycles. The molecule has 0 bridgehead atoms. The molecule has 1 aromatic heterocycles. The standard InChI is InChI=1S/C12H12N2O4/c1-8(12(15)16)17-7-10-13-11(18-14-10)9-5-3-2-4-6-9/h2-6,8H,7H2,1H3,(H,15,16). The summed E-state index contributed by atoms with van der Waals surface area (Å²) in [4.78, 5) is 14.7. The average molecular weight is 248 g/mol. The van der Waals surface area contributed by atoms with Gasteiger partial charge in [0.05, 0.1) is 0 Å². The van der Waals surface area contributed by atoms with E-state index in [1.807, 2.05) is 30.3 Å². The molecule has 1 aromatic carbocycles. The number of carbonyl (C=O) groups is 1. The van der Waals surface area contributed by atoms with Gasteiger partial charge in [-0.25, -0.2) is 4.79 Å². The number of rotatable bonds is 5. The third kappa shape index (κ3) is 2.92. The fourth-order valence-corrected chi connectivity index (χ4v) is 1.28. The van der Waals surface area contributed by atoms with Gasteiger partial charge in [0.25, 0.3) is 5.89 Å². The molecular formula is C12H12N2O4. The molecule has 1 atom stereocenters. The van der Waals surface area contributed by atoms with E-state index in [2.05, 4.69) is 10.1 Å². The van der Waals surface area contributed by atoms with Crippen LogP contribution in [0, 0.1) is 0 Å². The Bertz CT molecular complexity index is 524. The van der Waals surface area contributed by atoms with Gasteiger partial charge >= 0.3 is 5.97 Å². The van der Waals surface area contributed by atoms with E-state index in [0.717, 1.165) is 5.56 Å². The predicted octanol–water partition coefficient (Wildman–Crippen LogP) is 1.73. The summed E-state index contributed by atoms with van der Waals surface area (Å²) in [6.45, 7) is 1.45. The summed E-state index contributed by atoms with van der Waals surface area (Å²) >= 11 is 0. The van der Waals surface area contributed by atoms with Crippen LogP contribution in [0.5, 0.6) is 0 Å². The zero-order chi connectivity index (χ0) is 13.0. The van der Waals surface area contributed by atoms with Gasteiger partial charge in [-0.05, 0) is 19.1 Å². The van der Waals surface area contributed by atoms with Gasteiger partial charge < -0.3 is 14.4 Å². The van der Waals surface area contributed by atoms with Crippen molar-refractivity contribution < 1.29 is 19.2 Å². The molecule has 0 saturated heterocycles. The van der Waals surface area contributed by atoms with Crippen LogP contribution in [0.3, 0.4) is 0 Å². The highest BCUT2D eigenvalue weighted by Gasteiger charge is 2.14. The highest BCUT2D eigenvalue weighted by Crippen LogP contribution is 2.16. The maximum Gasteiger partial charge on any atom is 0.332 e. The molecule has 1 unspecified atom stereocenters. The molecule has 94 valence electrons. The number of benzene rings is 1. The van der Waals surface area contributed by atoms with E-state index in [1.54, 1.807) is 0 Å². The molecule has 0 amide bonds. The molecule has 0 spiro atoms. The summed E-state index contributed by atoms with van der Waals surface area (Å²) in [5.41, 5.74) is 0.808. The summed E-state index contributed by atoms with van der Waals surface area (Å²) < 4.78 is 10.1. The third-order valence-corrected chi connectivity index (χ3v) is 2.30. The van der Waals surface area contributed by atoms with Gasteiger partial charge in [0, 0.05) is 5.56 Å². The molecule has 0 radical (unpaired) electrons. The zero-order valence-corrected chi connectivity index (χ0v) is 9.74. The molecule has 6 nitrogen and oxygen atoms in total. The first-order valence-electron chi connectivity index (χ1n) is 5.39. The zero-order valence-electron chi connectivity index (χ0n) is 9.74. The number of carboxylic acid groups (broad SMARTS) is 1. The van der Waals surface area contributed by atoms with Gasteiger partial charge in [-0.3, -0.25) is 0 Å². The minimum atomic E-state index is -1.03. The van der Waals surface area contributed by atoms with Crippen LogP contribution in [-0.4, -0.2) is 27.3 Å². The first kappa shape index (κ1) is 12.3. The quantitative estimate of drug-likeness (QED) is 0.867. The minimum Gasteiger partial charge on any atom is -0.479 e. The Morgan fingerprint density at radius 1 is 1.44 bits per heavy atom. The van der Waals surface area contributed by atoms with E-state index >= 15 is 0 Å². The van der Waals surface area contributed by atoms with Gasteiger partial charge in [-0.1, -0.05) is 23.4 Å². The maximum atomic E-state index is 10.6. The van der Waals surface area contributed by atoms with E-state index in [-0.39, 0.29) is 6.61 Å². The molecule has 1 N–H and O–H groups in total. The van der Waals surface area contributed by atoms with E-state index in [9.17, 15) is 4.79 Å². The van der Waals surface area contributed by atoms with Gasteiger partial charge in [-0.15, -0.1) is 0 Å². The normalized spacial score (nSPS) is 12.3. The monoisotopic (exact) mass is 248 g/mol. The van der Waals surface area contributed by atoms with Crippen LogP contribution >= 0.6 is 0 Å². The van der Waals surface area contributed by atoms with Gasteiger partial charge in [0.15, 0.2) is 11.9 Å². The highest BCUT2D eigenvalue weighted by atomic mass is 16.5. The van der Waals surface area contributed by atoms with E-state index in [4.69, 9.17) is 14.4 Å². The second-order valence-electron chi connectivity index (χ2n) is 3.67. The Morgan fingerprint density at radius 2 is 2.17 bits per heavy atom. The Labute approximate surface area is 103 Å². The van der Waals surface area contributed by atoms with Crippen molar-refractivity contribution in [2.75, 3.05) is 0 Å². The summed E-state index contributed by atoms with van der Waals surface area (Å²) in [5, 5.41) is 12.4. The molecule has 0 aliphatic carbocycles. The Balaban J connectivity index is 2.01. The summed E-state index contributed by atoms with van der Waals surface area (Å²) in [6.07, 6.45) is -0.899. The van der Waals surface area contributed by atoms with Crippen molar-refractivity contribution in [2.45, 2.75) is 19.6 Å². The van der Waals surface area contributed by atoms with E-state index < -0.39 is 12.1 Å². The van der Waals surface area contributed by atoms with Gasteiger partial charge in [0.1, 0.15) is 6.61 Å². The second-order valence-corrected chi connectivity index (χ2v) is 3.67. The lowest BCUT2D eigenvalue weighted by Gasteiger charge is -2.04. The molecule has 2 rings (SSSR count). The van der Waals surface area contributed by atoms with Crippen LogP contribution in [0.1, 0.15) is 12.7 Å². The van der Waals surface area contributed by atoms with Crippen molar-refractivity contribution in [1.29, 1.82) is 0 Å². The topological polar surface area (TPSA) is 85.5 Å². The second kappa shape index (κ2) is 5.42. The van der Waals surface area contributed by atoms with Crippen molar-refractivity contribution in [1.82, 2.24) is 10.1 Å². The first-order valence-corrected chi connectivity index (χ1v) is 5.39. The molecule has 0 aliphatic rings. The molecule has 6 heteroatoms. The van der Waals surface area contributed by atoms with Crippen LogP contribution in [0.2, 0.25) is 0 Å². The minimum absolute atomic E-state index is 0.00377. The molecule has 0 fully saturated rings. The average Bonchev–Trinajstić information content (AvgIpc) is 2.85. The number of aromatic nitrogens is 2. The molecule has 2 aromatic rings. The molecule has 18 heavy (non-hydrogen) atoms.